The minimum atomic E-state index is 0.155. The molecule has 0 saturated carbocycles. The van der Waals surface area contributed by atoms with Crippen molar-refractivity contribution in [3.8, 4) is 0 Å². The van der Waals surface area contributed by atoms with Crippen LogP contribution in [0.15, 0.2) is 18.2 Å². The van der Waals surface area contributed by atoms with Gasteiger partial charge in [-0.3, -0.25) is 0 Å². The van der Waals surface area contributed by atoms with E-state index in [1.165, 1.54) is 17.5 Å². The predicted molar refractivity (Wildman–Crippen MR) is 51.3 cm³/mol. The first-order valence-electron chi connectivity index (χ1n) is 4.32. The highest BCUT2D eigenvalue weighted by atomic mass is 35.5. The molecule has 1 aromatic rings. The molecule has 1 aliphatic rings. The van der Waals surface area contributed by atoms with Crippen LogP contribution in [0.5, 0.6) is 0 Å². The van der Waals surface area contributed by atoms with Crippen LogP contribution in [0.2, 0.25) is 5.02 Å². The molecular formula is C10H12ClN. The van der Waals surface area contributed by atoms with Crippen LogP contribution in [0.4, 0.5) is 0 Å². The van der Waals surface area contributed by atoms with Gasteiger partial charge in [0.05, 0.1) is 0 Å². The van der Waals surface area contributed by atoms with Gasteiger partial charge in [0.1, 0.15) is 0 Å². The fourth-order valence-electron chi connectivity index (χ4n) is 1.87. The Hall–Kier alpha value is -0.530. The van der Waals surface area contributed by atoms with Crippen LogP contribution in [-0.2, 0) is 6.42 Å². The lowest BCUT2D eigenvalue weighted by atomic mass is 9.88. The molecule has 0 amide bonds. The second-order valence-electron chi connectivity index (χ2n) is 3.31. The summed E-state index contributed by atoms with van der Waals surface area (Å²) in [5.74, 6) is 0. The highest BCUT2D eigenvalue weighted by Crippen LogP contribution is 2.32. The highest BCUT2D eigenvalue weighted by molar-refractivity contribution is 6.31. The lowest BCUT2D eigenvalue weighted by molar-refractivity contribution is 0.571. The number of benzene rings is 1. The molecule has 0 saturated heterocycles. The van der Waals surface area contributed by atoms with Crippen molar-refractivity contribution in [2.24, 2.45) is 5.73 Å². The summed E-state index contributed by atoms with van der Waals surface area (Å²) in [6.07, 6.45) is 3.38. The van der Waals surface area contributed by atoms with Crippen LogP contribution < -0.4 is 5.73 Å². The Balaban J connectivity index is 2.53. The summed E-state index contributed by atoms with van der Waals surface area (Å²) < 4.78 is 0. The van der Waals surface area contributed by atoms with Gasteiger partial charge in [0.25, 0.3) is 0 Å². The van der Waals surface area contributed by atoms with Crippen molar-refractivity contribution in [3.05, 3.63) is 34.3 Å². The van der Waals surface area contributed by atoms with Crippen LogP contribution in [0, 0.1) is 0 Å². The molecule has 1 aliphatic carbocycles. The SMILES string of the molecule is NC1CCCc2cccc(Cl)c21. The summed E-state index contributed by atoms with van der Waals surface area (Å²) in [7, 11) is 0. The van der Waals surface area contributed by atoms with Crippen LogP contribution in [0.3, 0.4) is 0 Å². The fraction of sp³-hybridized carbons (Fsp3) is 0.400. The largest absolute Gasteiger partial charge is 0.324 e. The Bertz CT molecular complexity index is 296. The van der Waals surface area contributed by atoms with Gasteiger partial charge >= 0.3 is 0 Å². The van der Waals surface area contributed by atoms with E-state index in [1.807, 2.05) is 12.1 Å². The molecule has 2 heteroatoms. The number of hydrogen-bond donors (Lipinski definition) is 1. The zero-order chi connectivity index (χ0) is 8.55. The normalized spacial score (nSPS) is 22.0. The topological polar surface area (TPSA) is 26.0 Å². The minimum absolute atomic E-state index is 0.155. The van der Waals surface area contributed by atoms with Crippen molar-refractivity contribution in [1.82, 2.24) is 0 Å². The van der Waals surface area contributed by atoms with E-state index in [9.17, 15) is 0 Å². The second-order valence-corrected chi connectivity index (χ2v) is 3.72. The molecule has 0 radical (unpaired) electrons. The molecule has 0 spiro atoms. The lowest BCUT2D eigenvalue weighted by Gasteiger charge is -2.22. The summed E-state index contributed by atoms with van der Waals surface area (Å²) in [6, 6.07) is 6.20. The van der Waals surface area contributed by atoms with Gasteiger partial charge in [-0.05, 0) is 36.5 Å². The lowest BCUT2D eigenvalue weighted by Crippen LogP contribution is -2.17. The first kappa shape index (κ1) is 8.09. The monoisotopic (exact) mass is 181 g/mol. The van der Waals surface area contributed by atoms with E-state index >= 15 is 0 Å². The maximum atomic E-state index is 6.06. The van der Waals surface area contributed by atoms with E-state index in [-0.39, 0.29) is 6.04 Å². The quantitative estimate of drug-likeness (QED) is 0.655. The fourth-order valence-corrected chi connectivity index (χ4v) is 2.21. The van der Waals surface area contributed by atoms with Crippen LogP contribution >= 0.6 is 11.6 Å². The molecule has 12 heavy (non-hydrogen) atoms. The average molecular weight is 182 g/mol. The van der Waals surface area contributed by atoms with Crippen LogP contribution in [0.1, 0.15) is 30.0 Å². The maximum absolute atomic E-state index is 6.06. The predicted octanol–water partition coefficient (Wildman–Crippen LogP) is 2.68. The molecule has 0 aliphatic heterocycles. The highest BCUT2D eigenvalue weighted by Gasteiger charge is 2.18. The Kier molecular flexibility index (Phi) is 2.07. The molecule has 0 bridgehead atoms. The zero-order valence-corrected chi connectivity index (χ0v) is 7.64. The van der Waals surface area contributed by atoms with Crippen molar-refractivity contribution in [2.75, 3.05) is 0 Å². The van der Waals surface area contributed by atoms with Crippen molar-refractivity contribution in [3.63, 3.8) is 0 Å². The Morgan fingerprint density at radius 3 is 3.00 bits per heavy atom. The molecule has 1 unspecified atom stereocenters. The number of fused-ring (bicyclic) bond motifs is 1. The molecule has 0 fully saturated rings. The summed E-state index contributed by atoms with van der Waals surface area (Å²) in [6.45, 7) is 0. The summed E-state index contributed by atoms with van der Waals surface area (Å²) >= 11 is 6.06. The van der Waals surface area contributed by atoms with Crippen molar-refractivity contribution in [1.29, 1.82) is 0 Å². The van der Waals surface area contributed by atoms with Gasteiger partial charge in [-0.25, -0.2) is 0 Å². The molecule has 1 aromatic carbocycles. The summed E-state index contributed by atoms with van der Waals surface area (Å²) in [5, 5.41) is 0.833. The van der Waals surface area contributed by atoms with E-state index in [2.05, 4.69) is 6.07 Å². The second kappa shape index (κ2) is 3.08. The Morgan fingerprint density at radius 2 is 2.25 bits per heavy atom. The van der Waals surface area contributed by atoms with E-state index in [1.54, 1.807) is 0 Å². The van der Waals surface area contributed by atoms with E-state index in [0.717, 1.165) is 17.9 Å². The zero-order valence-electron chi connectivity index (χ0n) is 6.89. The molecule has 0 heterocycles. The summed E-state index contributed by atoms with van der Waals surface area (Å²) in [4.78, 5) is 0. The average Bonchev–Trinajstić information content (AvgIpc) is 2.04. The van der Waals surface area contributed by atoms with Gasteiger partial charge < -0.3 is 5.73 Å². The van der Waals surface area contributed by atoms with Crippen molar-refractivity contribution >= 4 is 11.6 Å². The first-order valence-corrected chi connectivity index (χ1v) is 4.69. The smallest absolute Gasteiger partial charge is 0.0456 e. The molecule has 1 atom stereocenters. The number of hydrogen-bond acceptors (Lipinski definition) is 1. The molecular weight excluding hydrogens is 170 g/mol. The third-order valence-corrected chi connectivity index (χ3v) is 2.80. The number of rotatable bonds is 0. The number of nitrogens with two attached hydrogens (primary N) is 1. The number of aryl methyl sites for hydroxylation is 1. The van der Waals surface area contributed by atoms with Crippen molar-refractivity contribution in [2.45, 2.75) is 25.3 Å². The number of halogens is 1. The third kappa shape index (κ3) is 1.23. The molecule has 2 N–H and O–H groups in total. The van der Waals surface area contributed by atoms with Crippen LogP contribution in [-0.4, -0.2) is 0 Å². The molecule has 0 aromatic heterocycles. The summed E-state index contributed by atoms with van der Waals surface area (Å²) in [5.41, 5.74) is 8.47. The van der Waals surface area contributed by atoms with Gasteiger partial charge in [0.15, 0.2) is 0 Å². The maximum Gasteiger partial charge on any atom is 0.0456 e. The molecule has 2 rings (SSSR count). The van der Waals surface area contributed by atoms with Crippen LogP contribution in [0.25, 0.3) is 0 Å². The van der Waals surface area contributed by atoms with E-state index in [0.29, 0.717) is 0 Å². The van der Waals surface area contributed by atoms with Gasteiger partial charge in [0.2, 0.25) is 0 Å². The van der Waals surface area contributed by atoms with Gasteiger partial charge in [-0.1, -0.05) is 23.7 Å². The first-order chi connectivity index (χ1) is 5.79. The van der Waals surface area contributed by atoms with Gasteiger partial charge in [0, 0.05) is 11.1 Å². The molecule has 1 nitrogen and oxygen atoms in total. The Morgan fingerprint density at radius 1 is 1.42 bits per heavy atom. The van der Waals surface area contributed by atoms with E-state index < -0.39 is 0 Å². The van der Waals surface area contributed by atoms with Gasteiger partial charge in [-0.2, -0.15) is 0 Å². The minimum Gasteiger partial charge on any atom is -0.324 e. The Labute approximate surface area is 77.5 Å². The van der Waals surface area contributed by atoms with E-state index in [4.69, 9.17) is 17.3 Å². The van der Waals surface area contributed by atoms with Crippen molar-refractivity contribution < 1.29 is 0 Å². The van der Waals surface area contributed by atoms with Gasteiger partial charge in [-0.15, -0.1) is 0 Å². The molecule has 64 valence electrons. The standard InChI is InChI=1S/C10H12ClN/c11-8-5-1-3-7-4-2-6-9(12)10(7)8/h1,3,5,9H,2,4,6,12H2. The third-order valence-electron chi connectivity index (χ3n) is 2.48.